The Morgan fingerprint density at radius 3 is 2.37 bits per heavy atom. The van der Waals surface area contributed by atoms with Crippen LogP contribution in [0.3, 0.4) is 0 Å². The highest BCUT2D eigenvalue weighted by Gasteiger charge is 2.15. The van der Waals surface area contributed by atoms with Crippen LogP contribution >= 0.6 is 0 Å². The lowest BCUT2D eigenvalue weighted by molar-refractivity contribution is 0.595. The molecule has 0 saturated carbocycles. The average molecular weight is 376 g/mol. The van der Waals surface area contributed by atoms with Gasteiger partial charge in [0.25, 0.3) is 0 Å². The molecule has 2 heterocycles. The SMILES string of the molecule is Cc1ccc(S(=O)(=O)Cc2ccc(Cc3c[nH]c4ncccc34)cc2)cc1. The zero-order valence-corrected chi connectivity index (χ0v) is 15.8. The Kier molecular flexibility index (Phi) is 4.54. The molecule has 0 spiro atoms. The predicted molar refractivity (Wildman–Crippen MR) is 107 cm³/mol. The number of fused-ring (bicyclic) bond motifs is 1. The van der Waals surface area contributed by atoms with Crippen molar-refractivity contribution in [1.82, 2.24) is 9.97 Å². The van der Waals surface area contributed by atoms with E-state index in [0.29, 0.717) is 4.90 Å². The van der Waals surface area contributed by atoms with Crippen LogP contribution in [-0.4, -0.2) is 18.4 Å². The van der Waals surface area contributed by atoms with E-state index in [1.54, 1.807) is 18.3 Å². The summed E-state index contributed by atoms with van der Waals surface area (Å²) in [5.41, 5.74) is 5.04. The maximum absolute atomic E-state index is 12.6. The summed E-state index contributed by atoms with van der Waals surface area (Å²) in [5, 5.41) is 1.11. The molecule has 0 fully saturated rings. The lowest BCUT2D eigenvalue weighted by Gasteiger charge is -2.07. The normalized spacial score (nSPS) is 11.7. The van der Waals surface area contributed by atoms with Crippen LogP contribution in [0.2, 0.25) is 0 Å². The van der Waals surface area contributed by atoms with E-state index < -0.39 is 9.84 Å². The Morgan fingerprint density at radius 1 is 0.926 bits per heavy atom. The fourth-order valence-electron chi connectivity index (χ4n) is 3.18. The molecular formula is C22H20N2O2S. The van der Waals surface area contributed by atoms with Crippen LogP contribution in [0.25, 0.3) is 11.0 Å². The maximum atomic E-state index is 12.6. The first-order valence-corrected chi connectivity index (χ1v) is 10.4. The van der Waals surface area contributed by atoms with Crippen molar-refractivity contribution in [2.45, 2.75) is 24.0 Å². The van der Waals surface area contributed by atoms with Crippen LogP contribution in [-0.2, 0) is 22.0 Å². The Morgan fingerprint density at radius 2 is 1.63 bits per heavy atom. The van der Waals surface area contributed by atoms with Gasteiger partial charge in [0.1, 0.15) is 5.65 Å². The summed E-state index contributed by atoms with van der Waals surface area (Å²) in [6.45, 7) is 1.94. The second-order valence-corrected chi connectivity index (χ2v) is 8.77. The summed E-state index contributed by atoms with van der Waals surface area (Å²) in [6, 6.07) is 18.8. The van der Waals surface area contributed by atoms with Gasteiger partial charge in [-0.05, 0) is 54.3 Å². The van der Waals surface area contributed by atoms with Gasteiger partial charge in [-0.1, -0.05) is 42.0 Å². The zero-order chi connectivity index (χ0) is 18.9. The van der Waals surface area contributed by atoms with Crippen molar-refractivity contribution in [3.63, 3.8) is 0 Å². The number of aromatic nitrogens is 2. The summed E-state index contributed by atoms with van der Waals surface area (Å²) in [6.07, 6.45) is 4.52. The number of hydrogen-bond acceptors (Lipinski definition) is 3. The molecule has 27 heavy (non-hydrogen) atoms. The lowest BCUT2D eigenvalue weighted by atomic mass is 10.0. The minimum Gasteiger partial charge on any atom is -0.346 e. The van der Waals surface area contributed by atoms with Gasteiger partial charge in [0, 0.05) is 17.8 Å². The molecule has 0 unspecified atom stereocenters. The van der Waals surface area contributed by atoms with Crippen molar-refractivity contribution < 1.29 is 8.42 Å². The number of nitrogens with zero attached hydrogens (tertiary/aromatic N) is 1. The van der Waals surface area contributed by atoms with Gasteiger partial charge in [-0.2, -0.15) is 0 Å². The molecule has 0 saturated heterocycles. The molecule has 0 amide bonds. The average Bonchev–Trinajstić information content (AvgIpc) is 3.07. The third-order valence-electron chi connectivity index (χ3n) is 4.69. The van der Waals surface area contributed by atoms with E-state index in [1.165, 1.54) is 5.56 Å². The van der Waals surface area contributed by atoms with Crippen LogP contribution in [0.1, 0.15) is 22.3 Å². The molecule has 4 aromatic rings. The summed E-state index contributed by atoms with van der Waals surface area (Å²) >= 11 is 0. The smallest absolute Gasteiger partial charge is 0.182 e. The molecule has 4 rings (SSSR count). The number of pyridine rings is 1. The van der Waals surface area contributed by atoms with Gasteiger partial charge < -0.3 is 4.98 Å². The number of aromatic amines is 1. The third-order valence-corrected chi connectivity index (χ3v) is 6.39. The summed E-state index contributed by atoms with van der Waals surface area (Å²) in [5.74, 6) is 0.00729. The largest absolute Gasteiger partial charge is 0.346 e. The van der Waals surface area contributed by atoms with Gasteiger partial charge in [-0.25, -0.2) is 13.4 Å². The van der Waals surface area contributed by atoms with Crippen molar-refractivity contribution in [3.05, 3.63) is 95.3 Å². The van der Waals surface area contributed by atoms with Gasteiger partial charge in [-0.3, -0.25) is 0 Å². The Hall–Kier alpha value is -2.92. The highest BCUT2D eigenvalue weighted by molar-refractivity contribution is 7.90. The molecule has 0 atom stereocenters. The molecule has 0 aliphatic carbocycles. The maximum Gasteiger partial charge on any atom is 0.182 e. The van der Waals surface area contributed by atoms with E-state index in [0.717, 1.165) is 34.1 Å². The quantitative estimate of drug-likeness (QED) is 0.560. The Balaban J connectivity index is 1.51. The molecule has 0 aliphatic rings. The molecule has 2 aromatic heterocycles. The van der Waals surface area contributed by atoms with Crippen molar-refractivity contribution in [2.75, 3.05) is 0 Å². The van der Waals surface area contributed by atoms with E-state index in [1.807, 2.05) is 55.6 Å². The first-order chi connectivity index (χ1) is 13.0. The lowest BCUT2D eigenvalue weighted by Crippen LogP contribution is -2.05. The molecule has 5 heteroatoms. The standard InChI is InChI=1S/C22H20N2O2S/c1-16-4-10-20(11-5-16)27(25,26)15-18-8-6-17(7-9-18)13-19-14-24-22-21(19)3-2-12-23-22/h2-12,14H,13,15H2,1H3,(H,23,24). The van der Waals surface area contributed by atoms with E-state index in [2.05, 4.69) is 16.0 Å². The first-order valence-electron chi connectivity index (χ1n) is 8.79. The summed E-state index contributed by atoms with van der Waals surface area (Å²) < 4.78 is 25.2. The van der Waals surface area contributed by atoms with Crippen LogP contribution in [0.15, 0.2) is 78.0 Å². The number of hydrogen-bond donors (Lipinski definition) is 1. The predicted octanol–water partition coefficient (Wildman–Crippen LogP) is 4.44. The molecule has 2 aromatic carbocycles. The number of nitrogens with one attached hydrogen (secondary N) is 1. The van der Waals surface area contributed by atoms with E-state index in [9.17, 15) is 8.42 Å². The van der Waals surface area contributed by atoms with Crippen LogP contribution < -0.4 is 0 Å². The minimum atomic E-state index is -3.33. The molecule has 0 radical (unpaired) electrons. The van der Waals surface area contributed by atoms with Crippen molar-refractivity contribution in [2.24, 2.45) is 0 Å². The molecule has 136 valence electrons. The van der Waals surface area contributed by atoms with Gasteiger partial charge in [0.2, 0.25) is 0 Å². The summed E-state index contributed by atoms with van der Waals surface area (Å²) in [7, 11) is -3.33. The third kappa shape index (κ3) is 3.78. The fraction of sp³-hybridized carbons (Fsp3) is 0.136. The Bertz CT molecular complexity index is 1180. The second-order valence-electron chi connectivity index (χ2n) is 6.78. The van der Waals surface area contributed by atoms with Gasteiger partial charge in [-0.15, -0.1) is 0 Å². The van der Waals surface area contributed by atoms with Gasteiger partial charge in [0.05, 0.1) is 10.6 Å². The first kappa shape index (κ1) is 17.5. The highest BCUT2D eigenvalue weighted by Crippen LogP contribution is 2.21. The molecule has 0 bridgehead atoms. The number of aryl methyl sites for hydroxylation is 1. The zero-order valence-electron chi connectivity index (χ0n) is 15.0. The van der Waals surface area contributed by atoms with Crippen molar-refractivity contribution in [1.29, 1.82) is 0 Å². The van der Waals surface area contributed by atoms with Crippen LogP contribution in [0, 0.1) is 6.92 Å². The topological polar surface area (TPSA) is 62.8 Å². The highest BCUT2D eigenvalue weighted by atomic mass is 32.2. The number of H-pyrrole nitrogens is 1. The second kappa shape index (κ2) is 7.00. The number of rotatable bonds is 5. The fourth-order valence-corrected chi connectivity index (χ4v) is 4.53. The number of benzene rings is 2. The Labute approximate surface area is 158 Å². The van der Waals surface area contributed by atoms with Crippen molar-refractivity contribution >= 4 is 20.9 Å². The van der Waals surface area contributed by atoms with E-state index >= 15 is 0 Å². The summed E-state index contributed by atoms with van der Waals surface area (Å²) in [4.78, 5) is 7.86. The minimum absolute atomic E-state index is 0.00729. The molecule has 1 N–H and O–H groups in total. The molecule has 0 aliphatic heterocycles. The van der Waals surface area contributed by atoms with E-state index in [-0.39, 0.29) is 5.75 Å². The van der Waals surface area contributed by atoms with Crippen LogP contribution in [0.5, 0.6) is 0 Å². The van der Waals surface area contributed by atoms with E-state index in [4.69, 9.17) is 0 Å². The van der Waals surface area contributed by atoms with Gasteiger partial charge >= 0.3 is 0 Å². The van der Waals surface area contributed by atoms with Gasteiger partial charge in [0.15, 0.2) is 9.84 Å². The monoisotopic (exact) mass is 376 g/mol. The molecule has 4 nitrogen and oxygen atoms in total. The molecular weight excluding hydrogens is 356 g/mol. The van der Waals surface area contributed by atoms with Crippen molar-refractivity contribution in [3.8, 4) is 0 Å². The number of sulfone groups is 1. The van der Waals surface area contributed by atoms with Crippen LogP contribution in [0.4, 0.5) is 0 Å².